The Bertz CT molecular complexity index is 32.5. The van der Waals surface area contributed by atoms with E-state index >= 15 is 0 Å². The number of hydrogen-bond donors (Lipinski definition) is 0. The molecular formula is C20H60. The topological polar surface area (TPSA) is 0 Å². The molecule has 0 aromatic rings. The predicted molar refractivity (Wildman–Crippen MR) is 113 cm³/mol. The van der Waals surface area contributed by atoms with Crippen LogP contribution < -0.4 is 0 Å². The molecule has 0 fully saturated rings. The van der Waals surface area contributed by atoms with Gasteiger partial charge >= 0.3 is 0 Å². The van der Waals surface area contributed by atoms with Crippen LogP contribution in [-0.4, -0.2) is 0 Å². The zero-order valence-corrected chi connectivity index (χ0v) is 12.4. The van der Waals surface area contributed by atoms with E-state index in [4.69, 9.17) is 0 Å². The van der Waals surface area contributed by atoms with Crippen molar-refractivity contribution in [1.29, 1.82) is 0 Å². The molecular weight excluding hydrogens is 240 g/mol. The number of unbranched alkanes of at least 4 members (excludes halogenated alkanes) is 2. The summed E-state index contributed by atoms with van der Waals surface area (Å²) in [7, 11) is 0. The quantitative estimate of drug-likeness (QED) is 0.475. The third-order valence-corrected chi connectivity index (χ3v) is 0.707. The summed E-state index contributed by atoms with van der Waals surface area (Å²) in [4.78, 5) is 0. The van der Waals surface area contributed by atoms with Crippen molar-refractivity contribution in [2.75, 3.05) is 0 Å². The fraction of sp³-hybridized carbons (Fsp3) is 1.00. The second-order valence-electron chi connectivity index (χ2n) is 3.79. The second-order valence-corrected chi connectivity index (χ2v) is 3.79. The maximum Gasteiger partial charge on any atom is -0.0500 e. The van der Waals surface area contributed by atoms with E-state index in [1.807, 2.05) is 13.8 Å². The van der Waals surface area contributed by atoms with Gasteiger partial charge in [0.2, 0.25) is 0 Å². The van der Waals surface area contributed by atoms with Crippen molar-refractivity contribution in [1.82, 2.24) is 0 Å². The van der Waals surface area contributed by atoms with Crippen molar-refractivity contribution in [3.63, 3.8) is 0 Å². The molecule has 0 radical (unpaired) electrons. The third-order valence-electron chi connectivity index (χ3n) is 0.707. The monoisotopic (exact) mass is 300 g/mol. The summed E-state index contributed by atoms with van der Waals surface area (Å²) in [6.07, 6.45) is 5.33. The Kier molecular flexibility index (Phi) is 454. The molecule has 0 unspecified atom stereocenters. The molecule has 0 heterocycles. The Morgan fingerprint density at radius 3 is 0.650 bits per heavy atom. The average molecular weight is 301 g/mol. The van der Waals surface area contributed by atoms with E-state index in [0.29, 0.717) is 0 Å². The van der Waals surface area contributed by atoms with Crippen LogP contribution in [0.2, 0.25) is 0 Å². The van der Waals surface area contributed by atoms with E-state index in [0.717, 1.165) is 5.92 Å². The van der Waals surface area contributed by atoms with Crippen LogP contribution in [-0.2, 0) is 0 Å². The van der Waals surface area contributed by atoms with E-state index in [1.54, 1.807) is 0 Å². The van der Waals surface area contributed by atoms with Gasteiger partial charge in [-0.1, -0.05) is 133 Å². The van der Waals surface area contributed by atoms with Gasteiger partial charge in [-0.05, 0) is 5.92 Å². The maximum absolute atomic E-state index is 2.21. The molecule has 0 saturated carbocycles. The predicted octanol–water partition coefficient (Wildman–Crippen LogP) is 10.1. The van der Waals surface area contributed by atoms with E-state index < -0.39 is 0 Å². The van der Waals surface area contributed by atoms with Crippen LogP contribution in [0.4, 0.5) is 0 Å². The Hall–Kier alpha value is 0. The number of rotatable bonds is 2. The Morgan fingerprint density at radius 2 is 0.650 bits per heavy atom. The molecule has 20 heavy (non-hydrogen) atoms. The van der Waals surface area contributed by atoms with Gasteiger partial charge in [-0.25, -0.2) is 0 Å². The van der Waals surface area contributed by atoms with Crippen LogP contribution in [0.3, 0.4) is 0 Å². The molecule has 0 aliphatic rings. The van der Waals surface area contributed by atoms with Gasteiger partial charge in [0.25, 0.3) is 0 Å². The van der Waals surface area contributed by atoms with E-state index in [-0.39, 0.29) is 44.6 Å². The molecule has 0 aliphatic carbocycles. The second kappa shape index (κ2) is 126. The lowest BCUT2D eigenvalue weighted by molar-refractivity contribution is 0.737. The molecule has 0 saturated heterocycles. The minimum absolute atomic E-state index is 0. The molecule has 0 amide bonds. The Morgan fingerprint density at radius 1 is 0.550 bits per heavy atom. The molecule has 0 rings (SSSR count). The van der Waals surface area contributed by atoms with Crippen molar-refractivity contribution in [3.8, 4) is 0 Å². The first-order valence-electron chi connectivity index (χ1n) is 6.56. The number of hydrogen-bond acceptors (Lipinski definition) is 0. The smallest absolute Gasteiger partial charge is 0.0500 e. The summed E-state index contributed by atoms with van der Waals surface area (Å²) in [6.45, 7) is 19.2. The third kappa shape index (κ3) is 1300. The van der Waals surface area contributed by atoms with Crippen molar-refractivity contribution in [3.05, 3.63) is 0 Å². The normalized spacial score (nSPS) is 5.10. The molecule has 0 N–H and O–H groups in total. The zero-order valence-electron chi connectivity index (χ0n) is 12.4. The largest absolute Gasteiger partial charge is 0.0776 e. The lowest BCUT2D eigenvalue weighted by Crippen LogP contribution is -1.66. The molecule has 0 aromatic heterocycles. The molecule has 140 valence electrons. The molecule has 0 aliphatic heterocycles. The van der Waals surface area contributed by atoms with Gasteiger partial charge in [0.1, 0.15) is 0 Å². The van der Waals surface area contributed by atoms with Crippen molar-refractivity contribution in [2.45, 2.75) is 133 Å². The first-order valence-corrected chi connectivity index (χ1v) is 6.56. The molecule has 0 aromatic carbocycles. The lowest BCUT2D eigenvalue weighted by atomic mass is 10.3. The average Bonchev–Trinajstić information content (AvgIpc) is 2.09. The first-order chi connectivity index (χ1) is 6.56. The van der Waals surface area contributed by atoms with Crippen molar-refractivity contribution < 1.29 is 0 Å². The van der Waals surface area contributed by atoms with Gasteiger partial charge in [-0.15, -0.1) is 0 Å². The van der Waals surface area contributed by atoms with Gasteiger partial charge in [0.05, 0.1) is 0 Å². The molecule has 0 spiro atoms. The lowest BCUT2D eigenvalue weighted by Gasteiger charge is -1.79. The van der Waals surface area contributed by atoms with Gasteiger partial charge in [0, 0.05) is 0 Å². The van der Waals surface area contributed by atoms with Crippen LogP contribution >= 0.6 is 0 Å². The van der Waals surface area contributed by atoms with Gasteiger partial charge in [0.15, 0.2) is 0 Å². The van der Waals surface area contributed by atoms with Gasteiger partial charge < -0.3 is 0 Å². The highest BCUT2D eigenvalue weighted by molar-refractivity contribution is 4.24. The molecule has 0 bridgehead atoms. The first kappa shape index (κ1) is 72.2. The van der Waals surface area contributed by atoms with E-state index in [2.05, 4.69) is 48.5 Å². The van der Waals surface area contributed by atoms with Crippen LogP contribution in [0.5, 0.6) is 0 Å². The molecule has 0 atom stereocenters. The zero-order chi connectivity index (χ0) is 12.4. The SMILES string of the molecule is C.C.C.C.C.C.CC.CC(C)C.CCC.CCCCC. The minimum atomic E-state index is 0. The van der Waals surface area contributed by atoms with Gasteiger partial charge in [-0.3, -0.25) is 0 Å². The summed E-state index contributed by atoms with van der Waals surface area (Å²) < 4.78 is 0. The van der Waals surface area contributed by atoms with E-state index in [9.17, 15) is 0 Å². The summed E-state index contributed by atoms with van der Waals surface area (Å²) in [5.41, 5.74) is 0. The summed E-state index contributed by atoms with van der Waals surface area (Å²) >= 11 is 0. The summed E-state index contributed by atoms with van der Waals surface area (Å²) in [6, 6.07) is 0. The summed E-state index contributed by atoms with van der Waals surface area (Å²) in [5, 5.41) is 0. The maximum atomic E-state index is 2.21. The Balaban J connectivity index is -0.00000000784. The fourth-order valence-corrected chi connectivity index (χ4v) is 0.354. The van der Waals surface area contributed by atoms with Crippen LogP contribution in [0.1, 0.15) is 133 Å². The van der Waals surface area contributed by atoms with Crippen LogP contribution in [0.25, 0.3) is 0 Å². The van der Waals surface area contributed by atoms with Gasteiger partial charge in [-0.2, -0.15) is 0 Å². The minimum Gasteiger partial charge on any atom is -0.0776 e. The van der Waals surface area contributed by atoms with Crippen molar-refractivity contribution >= 4 is 0 Å². The fourth-order valence-electron chi connectivity index (χ4n) is 0.354. The highest BCUT2D eigenvalue weighted by atomic mass is 13.7. The van der Waals surface area contributed by atoms with Crippen molar-refractivity contribution in [2.24, 2.45) is 5.92 Å². The molecule has 0 heteroatoms. The Labute approximate surface area is 139 Å². The summed E-state index contributed by atoms with van der Waals surface area (Å²) in [5.74, 6) is 0.833. The molecule has 0 nitrogen and oxygen atoms in total. The standard InChI is InChI=1S/C5H12.C4H10.C3H8.C2H6.6CH4/c1-3-5-4-2;1-4(2)3;1-3-2;1-2;;;;;;/h3-5H2,1-2H3;4H,1-3H3;3H2,1-2H3;1-2H3;6*1H4. The van der Waals surface area contributed by atoms with Crippen LogP contribution in [0.15, 0.2) is 0 Å². The highest BCUT2D eigenvalue weighted by Crippen LogP contribution is 1.88. The van der Waals surface area contributed by atoms with Crippen LogP contribution in [0, 0.1) is 5.92 Å². The van der Waals surface area contributed by atoms with E-state index in [1.165, 1.54) is 25.7 Å². The highest BCUT2D eigenvalue weighted by Gasteiger charge is 1.68.